The van der Waals surface area contributed by atoms with E-state index in [0.717, 1.165) is 28.0 Å². The second-order valence-corrected chi connectivity index (χ2v) is 4.52. The van der Waals surface area contributed by atoms with Crippen LogP contribution in [-0.2, 0) is 0 Å². The van der Waals surface area contributed by atoms with Gasteiger partial charge in [-0.3, -0.25) is 4.98 Å². The van der Waals surface area contributed by atoms with Crippen LogP contribution >= 0.6 is 0 Å². The van der Waals surface area contributed by atoms with E-state index in [0.29, 0.717) is 5.56 Å². The Bertz CT molecular complexity index is 837. The summed E-state index contributed by atoms with van der Waals surface area (Å²) in [4.78, 5) is 4.34. The molecular weight excluding hydrogens is 262 g/mol. The van der Waals surface area contributed by atoms with Crippen LogP contribution in [0.4, 0.5) is 11.4 Å². The number of nitrogens with one attached hydrogen (secondary N) is 1. The first kappa shape index (κ1) is 12.9. The van der Waals surface area contributed by atoms with Crippen LogP contribution in [0.25, 0.3) is 10.9 Å². The summed E-state index contributed by atoms with van der Waals surface area (Å²) in [6.45, 7) is 0. The molecule has 0 aliphatic heterocycles. The zero-order valence-corrected chi connectivity index (χ0v) is 11.5. The highest BCUT2D eigenvalue weighted by molar-refractivity contribution is 5.94. The molecule has 4 heteroatoms. The quantitative estimate of drug-likeness (QED) is 0.788. The summed E-state index contributed by atoms with van der Waals surface area (Å²) in [6, 6.07) is 17.2. The topological polar surface area (TPSA) is 57.9 Å². The van der Waals surface area contributed by atoms with Gasteiger partial charge in [0.2, 0.25) is 0 Å². The van der Waals surface area contributed by atoms with Gasteiger partial charge in [-0.15, -0.1) is 0 Å². The average Bonchev–Trinajstić information content (AvgIpc) is 2.55. The second-order valence-electron chi connectivity index (χ2n) is 4.52. The fraction of sp³-hybridized carbons (Fsp3) is 0.0588. The maximum atomic E-state index is 9.17. The first-order chi connectivity index (χ1) is 10.3. The van der Waals surface area contributed by atoms with Crippen molar-refractivity contribution in [3.05, 3.63) is 60.3 Å². The number of nitrogens with zero attached hydrogens (tertiary/aromatic N) is 2. The monoisotopic (exact) mass is 275 g/mol. The summed E-state index contributed by atoms with van der Waals surface area (Å²) in [6.07, 6.45) is 1.74. The zero-order valence-electron chi connectivity index (χ0n) is 11.5. The van der Waals surface area contributed by atoms with Gasteiger partial charge in [0.1, 0.15) is 11.8 Å². The van der Waals surface area contributed by atoms with Crippen LogP contribution in [0.2, 0.25) is 0 Å². The molecule has 0 saturated carbocycles. The summed E-state index contributed by atoms with van der Waals surface area (Å²) in [7, 11) is 1.63. The van der Waals surface area contributed by atoms with Gasteiger partial charge in [0, 0.05) is 17.3 Å². The highest BCUT2D eigenvalue weighted by Crippen LogP contribution is 2.29. The molecule has 1 N–H and O–H groups in total. The fourth-order valence-electron chi connectivity index (χ4n) is 2.20. The maximum absolute atomic E-state index is 9.17. The molecule has 0 bridgehead atoms. The Balaban J connectivity index is 2.10. The molecule has 0 amide bonds. The van der Waals surface area contributed by atoms with Crippen LogP contribution < -0.4 is 10.1 Å². The van der Waals surface area contributed by atoms with Crippen molar-refractivity contribution in [2.75, 3.05) is 12.4 Å². The Morgan fingerprint density at radius 3 is 2.76 bits per heavy atom. The minimum absolute atomic E-state index is 0.602. The maximum Gasteiger partial charge on any atom is 0.119 e. The first-order valence-corrected chi connectivity index (χ1v) is 6.51. The van der Waals surface area contributed by atoms with Crippen molar-refractivity contribution in [1.29, 1.82) is 5.26 Å². The van der Waals surface area contributed by atoms with E-state index in [4.69, 9.17) is 10.00 Å². The normalized spacial score (nSPS) is 10.1. The van der Waals surface area contributed by atoms with Crippen LogP contribution in [0.5, 0.6) is 5.75 Å². The van der Waals surface area contributed by atoms with E-state index in [9.17, 15) is 0 Å². The molecule has 1 heterocycles. The molecule has 0 radical (unpaired) electrons. The van der Waals surface area contributed by atoms with Gasteiger partial charge in [0.05, 0.1) is 23.9 Å². The molecule has 4 nitrogen and oxygen atoms in total. The van der Waals surface area contributed by atoms with E-state index >= 15 is 0 Å². The number of hydrogen-bond donors (Lipinski definition) is 1. The van der Waals surface area contributed by atoms with Crippen LogP contribution in [0.15, 0.2) is 54.7 Å². The van der Waals surface area contributed by atoms with Gasteiger partial charge in [-0.05, 0) is 36.4 Å². The molecule has 0 saturated heterocycles. The van der Waals surface area contributed by atoms with Crippen molar-refractivity contribution < 1.29 is 4.74 Å². The third kappa shape index (κ3) is 2.49. The first-order valence-electron chi connectivity index (χ1n) is 6.51. The highest BCUT2D eigenvalue weighted by atomic mass is 16.5. The number of para-hydroxylation sites is 1. The number of rotatable bonds is 3. The molecule has 3 aromatic rings. The lowest BCUT2D eigenvalue weighted by molar-refractivity contribution is 0.415. The van der Waals surface area contributed by atoms with Gasteiger partial charge in [-0.25, -0.2) is 0 Å². The molecule has 0 aliphatic rings. The van der Waals surface area contributed by atoms with E-state index in [-0.39, 0.29) is 0 Å². The average molecular weight is 275 g/mol. The summed E-state index contributed by atoms with van der Waals surface area (Å²) < 4.78 is 5.26. The predicted molar refractivity (Wildman–Crippen MR) is 82.7 cm³/mol. The number of hydrogen-bond acceptors (Lipinski definition) is 4. The molecule has 21 heavy (non-hydrogen) atoms. The number of pyridine rings is 1. The van der Waals surface area contributed by atoms with Crippen LogP contribution in [-0.4, -0.2) is 12.1 Å². The van der Waals surface area contributed by atoms with Crippen molar-refractivity contribution in [3.8, 4) is 11.8 Å². The number of fused-ring (bicyclic) bond motifs is 1. The zero-order chi connectivity index (χ0) is 14.7. The number of ether oxygens (including phenoxy) is 1. The third-order valence-corrected chi connectivity index (χ3v) is 3.27. The van der Waals surface area contributed by atoms with Crippen molar-refractivity contribution in [2.24, 2.45) is 0 Å². The molecule has 0 spiro atoms. The van der Waals surface area contributed by atoms with Crippen molar-refractivity contribution in [2.45, 2.75) is 0 Å². The van der Waals surface area contributed by atoms with E-state index < -0.39 is 0 Å². The molecule has 0 unspecified atom stereocenters. The SMILES string of the molecule is COc1ccc2nccc(Nc3ccccc3C#N)c2c1. The van der Waals surface area contributed by atoms with Gasteiger partial charge in [-0.2, -0.15) is 5.26 Å². The van der Waals surface area contributed by atoms with Gasteiger partial charge in [-0.1, -0.05) is 12.1 Å². The molecule has 102 valence electrons. The van der Waals surface area contributed by atoms with Crippen molar-refractivity contribution >= 4 is 22.3 Å². The van der Waals surface area contributed by atoms with Crippen molar-refractivity contribution in [1.82, 2.24) is 4.98 Å². The lowest BCUT2D eigenvalue weighted by atomic mass is 10.1. The van der Waals surface area contributed by atoms with Gasteiger partial charge in [0.15, 0.2) is 0 Å². The van der Waals surface area contributed by atoms with Gasteiger partial charge < -0.3 is 10.1 Å². The minimum atomic E-state index is 0.602. The standard InChI is InChI=1S/C17H13N3O/c1-21-13-6-7-16-14(10-13)17(8-9-19-16)20-15-5-3-2-4-12(15)11-18/h2-10H,1H3,(H,19,20). The number of nitriles is 1. The van der Waals surface area contributed by atoms with Crippen LogP contribution in [0.3, 0.4) is 0 Å². The smallest absolute Gasteiger partial charge is 0.119 e. The molecule has 3 rings (SSSR count). The molecular formula is C17H13N3O. The molecule has 0 fully saturated rings. The number of methoxy groups -OCH3 is 1. The van der Waals surface area contributed by atoms with E-state index in [2.05, 4.69) is 16.4 Å². The fourth-order valence-corrected chi connectivity index (χ4v) is 2.20. The van der Waals surface area contributed by atoms with Gasteiger partial charge in [0.25, 0.3) is 0 Å². The molecule has 1 aromatic heterocycles. The molecule has 0 atom stereocenters. The number of aromatic nitrogens is 1. The number of benzene rings is 2. The van der Waals surface area contributed by atoms with Gasteiger partial charge >= 0.3 is 0 Å². The highest BCUT2D eigenvalue weighted by Gasteiger charge is 2.06. The Morgan fingerprint density at radius 1 is 1.10 bits per heavy atom. The molecule has 0 aliphatic carbocycles. The van der Waals surface area contributed by atoms with E-state index in [1.165, 1.54) is 0 Å². The Kier molecular flexibility index (Phi) is 3.40. The summed E-state index contributed by atoms with van der Waals surface area (Å²) >= 11 is 0. The van der Waals surface area contributed by atoms with E-state index in [1.54, 1.807) is 19.4 Å². The summed E-state index contributed by atoms with van der Waals surface area (Å²) in [5, 5.41) is 13.4. The molecule has 2 aromatic carbocycles. The predicted octanol–water partition coefficient (Wildman–Crippen LogP) is 3.86. The van der Waals surface area contributed by atoms with Crippen LogP contribution in [0, 0.1) is 11.3 Å². The lowest BCUT2D eigenvalue weighted by Gasteiger charge is -2.11. The Morgan fingerprint density at radius 2 is 1.95 bits per heavy atom. The Hall–Kier alpha value is -3.06. The lowest BCUT2D eigenvalue weighted by Crippen LogP contribution is -1.95. The van der Waals surface area contributed by atoms with Crippen molar-refractivity contribution in [3.63, 3.8) is 0 Å². The third-order valence-electron chi connectivity index (χ3n) is 3.27. The number of anilines is 2. The van der Waals surface area contributed by atoms with E-state index in [1.807, 2.05) is 42.5 Å². The summed E-state index contributed by atoms with van der Waals surface area (Å²) in [5.74, 6) is 0.770. The van der Waals surface area contributed by atoms with Crippen LogP contribution in [0.1, 0.15) is 5.56 Å². The Labute approximate surface area is 122 Å². The summed E-state index contributed by atoms with van der Waals surface area (Å²) in [5.41, 5.74) is 3.14. The minimum Gasteiger partial charge on any atom is -0.497 e. The second kappa shape index (κ2) is 5.51. The largest absolute Gasteiger partial charge is 0.497 e.